The molecule has 0 aliphatic carbocycles. The summed E-state index contributed by atoms with van der Waals surface area (Å²) in [5.74, 6) is 0.657. The summed E-state index contributed by atoms with van der Waals surface area (Å²) in [4.78, 5) is 2.12. The van der Waals surface area contributed by atoms with Crippen molar-refractivity contribution in [3.63, 3.8) is 0 Å². The molecule has 13 heavy (non-hydrogen) atoms. The Balaban J connectivity index is 1.97. The number of rotatable bonds is 5. The minimum absolute atomic E-state index is 0.215. The van der Waals surface area contributed by atoms with Crippen molar-refractivity contribution in [3.05, 3.63) is 0 Å². The topological polar surface area (TPSA) is 49.4 Å². The molecule has 1 fully saturated rings. The third kappa shape index (κ3) is 4.06. The monoisotopic (exact) mass is 206 g/mol. The van der Waals surface area contributed by atoms with Crippen LogP contribution in [0.4, 0.5) is 0 Å². The first kappa shape index (κ1) is 10.9. The van der Waals surface area contributed by atoms with E-state index < -0.39 is 9.84 Å². The molecule has 0 unspecified atom stereocenters. The Morgan fingerprint density at radius 1 is 1.38 bits per heavy atom. The minimum atomic E-state index is -2.66. The van der Waals surface area contributed by atoms with Crippen molar-refractivity contribution in [2.24, 2.45) is 0 Å². The smallest absolute Gasteiger partial charge is 0.153 e. The largest absolute Gasteiger partial charge is 0.312 e. The van der Waals surface area contributed by atoms with Gasteiger partial charge in [0, 0.05) is 6.04 Å². The highest BCUT2D eigenvalue weighted by molar-refractivity contribution is 7.92. The Morgan fingerprint density at radius 2 is 2.00 bits per heavy atom. The van der Waals surface area contributed by atoms with Gasteiger partial charge in [-0.1, -0.05) is 0 Å². The highest BCUT2D eigenvalue weighted by atomic mass is 32.2. The number of nitrogens with one attached hydrogen (secondary N) is 1. The van der Waals surface area contributed by atoms with Gasteiger partial charge in [0.05, 0.1) is 11.5 Å². The van der Waals surface area contributed by atoms with Gasteiger partial charge in [0.25, 0.3) is 0 Å². The van der Waals surface area contributed by atoms with E-state index in [0.717, 1.165) is 19.5 Å². The standard InChI is InChI=1S/C8H18N2O2S/c1-10(2)5-3-4-9-8-6-13(11,12)7-8/h8-9H,3-7H2,1-2H3. The zero-order chi connectivity index (χ0) is 9.90. The van der Waals surface area contributed by atoms with Crippen LogP contribution in [0.3, 0.4) is 0 Å². The van der Waals surface area contributed by atoms with Crippen molar-refractivity contribution in [2.75, 3.05) is 38.7 Å². The van der Waals surface area contributed by atoms with Crippen LogP contribution in [0.25, 0.3) is 0 Å². The van der Waals surface area contributed by atoms with Gasteiger partial charge in [-0.2, -0.15) is 0 Å². The molecule has 0 aromatic rings. The molecule has 0 amide bonds. The van der Waals surface area contributed by atoms with Gasteiger partial charge in [-0.25, -0.2) is 8.42 Å². The van der Waals surface area contributed by atoms with Crippen molar-refractivity contribution >= 4 is 9.84 Å². The third-order valence-electron chi connectivity index (χ3n) is 2.13. The highest BCUT2D eigenvalue weighted by Gasteiger charge is 2.32. The van der Waals surface area contributed by atoms with E-state index in [1.807, 2.05) is 14.1 Å². The molecule has 1 rings (SSSR count). The lowest BCUT2D eigenvalue weighted by atomic mass is 10.3. The molecular formula is C8H18N2O2S. The van der Waals surface area contributed by atoms with Crippen LogP contribution in [0.5, 0.6) is 0 Å². The molecule has 0 spiro atoms. The molecule has 0 atom stereocenters. The van der Waals surface area contributed by atoms with Crippen molar-refractivity contribution < 1.29 is 8.42 Å². The van der Waals surface area contributed by atoms with E-state index in [4.69, 9.17) is 0 Å². The predicted octanol–water partition coefficient (Wildman–Crippen LogP) is -0.675. The van der Waals surface area contributed by atoms with Gasteiger partial charge in [-0.3, -0.25) is 0 Å². The van der Waals surface area contributed by atoms with Crippen LogP contribution >= 0.6 is 0 Å². The maximum Gasteiger partial charge on any atom is 0.153 e. The van der Waals surface area contributed by atoms with Gasteiger partial charge in [-0.05, 0) is 33.6 Å². The number of sulfone groups is 1. The van der Waals surface area contributed by atoms with Crippen LogP contribution in [0, 0.1) is 0 Å². The summed E-state index contributed by atoms with van der Waals surface area (Å²) < 4.78 is 21.6. The van der Waals surface area contributed by atoms with Crippen LogP contribution < -0.4 is 5.32 Å². The molecule has 0 aromatic carbocycles. The van der Waals surface area contributed by atoms with Crippen molar-refractivity contribution in [1.29, 1.82) is 0 Å². The number of hydrogen-bond donors (Lipinski definition) is 1. The average Bonchev–Trinajstić information content (AvgIpc) is 1.93. The van der Waals surface area contributed by atoms with Crippen LogP contribution in [0.1, 0.15) is 6.42 Å². The Morgan fingerprint density at radius 3 is 2.46 bits per heavy atom. The molecule has 1 aliphatic heterocycles. The Hall–Kier alpha value is -0.130. The fourth-order valence-electron chi connectivity index (χ4n) is 1.38. The van der Waals surface area contributed by atoms with E-state index in [1.54, 1.807) is 0 Å². The summed E-state index contributed by atoms with van der Waals surface area (Å²) in [7, 11) is 1.41. The van der Waals surface area contributed by atoms with Gasteiger partial charge in [-0.15, -0.1) is 0 Å². The summed E-state index contributed by atoms with van der Waals surface area (Å²) >= 11 is 0. The minimum Gasteiger partial charge on any atom is -0.312 e. The Kier molecular flexibility index (Phi) is 3.70. The van der Waals surface area contributed by atoms with Gasteiger partial charge in [0.1, 0.15) is 0 Å². The van der Waals surface area contributed by atoms with Crippen LogP contribution in [0.15, 0.2) is 0 Å². The second-order valence-electron chi connectivity index (χ2n) is 3.88. The maximum atomic E-state index is 10.8. The number of hydrogen-bond acceptors (Lipinski definition) is 4. The first-order valence-electron chi connectivity index (χ1n) is 4.58. The van der Waals surface area contributed by atoms with E-state index in [9.17, 15) is 8.42 Å². The Labute approximate surface area is 80.2 Å². The van der Waals surface area contributed by atoms with Gasteiger partial charge < -0.3 is 10.2 Å². The zero-order valence-corrected chi connectivity index (χ0v) is 9.10. The van der Waals surface area contributed by atoms with E-state index in [2.05, 4.69) is 10.2 Å². The van der Waals surface area contributed by atoms with E-state index >= 15 is 0 Å². The van der Waals surface area contributed by atoms with Crippen LogP contribution in [-0.4, -0.2) is 58.1 Å². The fraction of sp³-hybridized carbons (Fsp3) is 1.00. The van der Waals surface area contributed by atoms with Crippen molar-refractivity contribution in [2.45, 2.75) is 12.5 Å². The van der Waals surface area contributed by atoms with Gasteiger partial charge in [0.2, 0.25) is 0 Å². The highest BCUT2D eigenvalue weighted by Crippen LogP contribution is 2.09. The lowest BCUT2D eigenvalue weighted by Gasteiger charge is -2.26. The predicted molar refractivity (Wildman–Crippen MR) is 53.6 cm³/mol. The second-order valence-corrected chi connectivity index (χ2v) is 6.04. The fourth-order valence-corrected chi connectivity index (χ4v) is 2.75. The molecule has 0 bridgehead atoms. The summed E-state index contributed by atoms with van der Waals surface area (Å²) in [6.45, 7) is 1.96. The zero-order valence-electron chi connectivity index (χ0n) is 8.28. The maximum absolute atomic E-state index is 10.8. The van der Waals surface area contributed by atoms with E-state index in [1.165, 1.54) is 0 Å². The quantitative estimate of drug-likeness (QED) is 0.606. The lowest BCUT2D eigenvalue weighted by molar-refractivity contribution is 0.388. The molecule has 4 nitrogen and oxygen atoms in total. The number of nitrogens with zero attached hydrogens (tertiary/aromatic N) is 1. The molecule has 1 aliphatic rings. The molecule has 1 saturated heterocycles. The molecule has 0 saturated carbocycles. The van der Waals surface area contributed by atoms with Gasteiger partial charge in [0.15, 0.2) is 9.84 Å². The normalized spacial score (nSPS) is 21.8. The lowest BCUT2D eigenvalue weighted by Crippen LogP contribution is -2.51. The first-order chi connectivity index (χ1) is 5.99. The molecule has 1 N–H and O–H groups in total. The van der Waals surface area contributed by atoms with Crippen molar-refractivity contribution in [3.8, 4) is 0 Å². The van der Waals surface area contributed by atoms with E-state index in [0.29, 0.717) is 11.5 Å². The first-order valence-corrected chi connectivity index (χ1v) is 6.40. The van der Waals surface area contributed by atoms with Crippen molar-refractivity contribution in [1.82, 2.24) is 10.2 Å². The molecule has 78 valence electrons. The summed E-state index contributed by atoms with van der Waals surface area (Å²) in [6, 6.07) is 0.215. The van der Waals surface area contributed by atoms with Gasteiger partial charge >= 0.3 is 0 Å². The van der Waals surface area contributed by atoms with E-state index in [-0.39, 0.29) is 6.04 Å². The van der Waals surface area contributed by atoms with Crippen LogP contribution in [-0.2, 0) is 9.84 Å². The molecule has 0 radical (unpaired) electrons. The summed E-state index contributed by atoms with van der Waals surface area (Å²) in [5.41, 5.74) is 0. The Bertz CT molecular complexity index is 237. The summed E-state index contributed by atoms with van der Waals surface area (Å²) in [6.07, 6.45) is 1.07. The van der Waals surface area contributed by atoms with Crippen LogP contribution in [0.2, 0.25) is 0 Å². The SMILES string of the molecule is CN(C)CCCNC1CS(=O)(=O)C1. The summed E-state index contributed by atoms with van der Waals surface area (Å²) in [5, 5.41) is 3.22. The third-order valence-corrected chi connectivity index (χ3v) is 3.95. The molecule has 5 heteroatoms. The molecule has 1 heterocycles. The average molecular weight is 206 g/mol. The molecule has 0 aromatic heterocycles. The molecular weight excluding hydrogens is 188 g/mol. The second kappa shape index (κ2) is 4.39.